The van der Waals surface area contributed by atoms with Crippen LogP contribution in [0.1, 0.15) is 0 Å². The van der Waals surface area contributed by atoms with Gasteiger partial charge in [0, 0.05) is 108 Å². The van der Waals surface area contributed by atoms with E-state index >= 15 is 13.7 Å². The Morgan fingerprint density at radius 3 is 1.07 bits per heavy atom. The Morgan fingerprint density at radius 2 is 0.557 bits per heavy atom. The predicted octanol–water partition coefficient (Wildman–Crippen LogP) is 22.3. The summed E-state index contributed by atoms with van der Waals surface area (Å²) in [6.07, 6.45) is 1.77. The van der Waals surface area contributed by atoms with Gasteiger partial charge in [-0.2, -0.15) is 0 Å². The molecule has 0 radical (unpaired) electrons. The molecule has 0 spiro atoms. The Morgan fingerprint density at radius 1 is 0.205 bits per heavy atom. The zero-order chi connectivity index (χ0) is 81.7. The average molecular weight is 1640 g/mol. The summed E-state index contributed by atoms with van der Waals surface area (Å²) in [6, 6.07) is 146. The first-order chi connectivity index (χ1) is 60.0. The van der Waals surface area contributed by atoms with E-state index in [9.17, 15) is 4.57 Å². The van der Waals surface area contributed by atoms with Crippen LogP contribution in [0.4, 0.5) is 0 Å². The van der Waals surface area contributed by atoms with E-state index in [1.807, 2.05) is 285 Å². The van der Waals surface area contributed by atoms with E-state index in [2.05, 4.69) is 160 Å². The molecule has 18 aromatic carbocycles. The van der Waals surface area contributed by atoms with Crippen molar-refractivity contribution in [2.24, 2.45) is 0 Å². The van der Waals surface area contributed by atoms with Gasteiger partial charge >= 0.3 is 0 Å². The van der Waals surface area contributed by atoms with Gasteiger partial charge in [0.2, 0.25) is 0 Å². The summed E-state index contributed by atoms with van der Waals surface area (Å²) in [5.41, 5.74) is 11.1. The van der Waals surface area contributed by atoms with Crippen molar-refractivity contribution in [2.45, 2.75) is 0 Å². The number of hydrogen-bond acceptors (Lipinski definition) is 7. The highest BCUT2D eigenvalue weighted by Gasteiger charge is 2.35. The molecule has 0 saturated carbocycles. The minimum absolute atomic E-state index is 0.690. The molecule has 0 bridgehead atoms. The van der Waals surface area contributed by atoms with Crippen LogP contribution < -0.4 is 63.7 Å². The van der Waals surface area contributed by atoms with Gasteiger partial charge in [-0.3, -0.25) is 13.8 Å². The molecule has 5 aromatic heterocycles. The molecule has 23 aromatic rings. The number of fused-ring (bicyclic) bond motifs is 21. The van der Waals surface area contributed by atoms with E-state index in [0.717, 1.165) is 179 Å². The van der Waals surface area contributed by atoms with Crippen molar-refractivity contribution < 1.29 is 18.3 Å². The summed E-state index contributed by atoms with van der Waals surface area (Å²) in [6.45, 7) is 0. The van der Waals surface area contributed by atoms with Crippen LogP contribution in [0, 0.1) is 0 Å². The Hall–Kier alpha value is -14.3. The Balaban J connectivity index is 0.000000146. The standard InChI is InChI=1S/C57H38N2O2P2.C52H35N3O2P2/c60-62(44-16-5-1-6-17-44,45-18-7-2-8-19-45)48-30-27-41-35-40(25-26-42(41)36-48)43-29-32-51-54(37-43)59-55-38-49(63(61,46-20-9-3-10-21-46)47-22-11-4-12-23-47)31-34-53(55)58-57(59)52-33-28-39-15-13-14-24-50(39)56(51)52;56-58(38-15-5-1-6-16-38,39-17-7-2-8-18-39)42-27-32-49-50(34-42)55-51-44-29-26-37(33-36(44)25-30-46(51)45-23-13-14-24-47(45)52(55)54-49)48-31-28-43(35-53-48)59(57,40-19-9-3-10-20-40)41-21-11-4-12-22-41/h1-38H;1-35H. The molecule has 0 aliphatic rings. The van der Waals surface area contributed by atoms with Crippen molar-refractivity contribution in [1.82, 2.24) is 23.8 Å². The molecule has 13 heteroatoms. The highest BCUT2D eigenvalue weighted by atomic mass is 31.2. The van der Waals surface area contributed by atoms with E-state index in [1.54, 1.807) is 6.20 Å². The summed E-state index contributed by atoms with van der Waals surface area (Å²) in [5.74, 6) is 0. The van der Waals surface area contributed by atoms with Crippen molar-refractivity contribution in [3.8, 4) is 22.4 Å². The molecular weight excluding hydrogens is 1570 g/mol. The van der Waals surface area contributed by atoms with E-state index in [-0.39, 0.29) is 0 Å². The minimum Gasteiger partial charge on any atom is -0.309 e. The lowest BCUT2D eigenvalue weighted by atomic mass is 9.96. The van der Waals surface area contributed by atoms with Crippen LogP contribution in [0.2, 0.25) is 0 Å². The van der Waals surface area contributed by atoms with Crippen LogP contribution in [0.5, 0.6) is 0 Å². The molecular formula is C109H73N5O4P4. The van der Waals surface area contributed by atoms with Gasteiger partial charge in [-0.25, -0.2) is 9.97 Å². The number of hydrogen-bond donors (Lipinski definition) is 0. The summed E-state index contributed by atoms with van der Waals surface area (Å²) in [5, 5.41) is 22.5. The second kappa shape index (κ2) is 29.9. The molecule has 9 nitrogen and oxygen atoms in total. The quantitative estimate of drug-likeness (QED) is 0.0786. The Kier molecular flexibility index (Phi) is 18.2. The molecule has 0 aliphatic heterocycles. The first-order valence-corrected chi connectivity index (χ1v) is 47.6. The van der Waals surface area contributed by atoms with Crippen LogP contribution in [0.25, 0.3) is 131 Å². The molecule has 5 heterocycles. The van der Waals surface area contributed by atoms with E-state index < -0.39 is 28.6 Å². The van der Waals surface area contributed by atoms with Gasteiger partial charge in [0.05, 0.1) is 38.8 Å². The number of nitrogens with zero attached hydrogens (tertiary/aromatic N) is 5. The molecule has 0 fully saturated rings. The second-order valence-electron chi connectivity index (χ2n) is 31.0. The number of rotatable bonds is 14. The average Bonchev–Trinajstić information content (AvgIpc) is 1.51. The van der Waals surface area contributed by atoms with Gasteiger partial charge in [-0.15, -0.1) is 0 Å². The third kappa shape index (κ3) is 12.1. The predicted molar refractivity (Wildman–Crippen MR) is 514 cm³/mol. The molecule has 0 saturated heterocycles. The van der Waals surface area contributed by atoms with Gasteiger partial charge in [-0.1, -0.05) is 358 Å². The molecule has 0 N–H and O–H groups in total. The third-order valence-corrected chi connectivity index (χ3v) is 36.5. The Labute approximate surface area is 703 Å². The molecule has 0 unspecified atom stereocenters. The zero-order valence-corrected chi connectivity index (χ0v) is 69.4. The summed E-state index contributed by atoms with van der Waals surface area (Å²) < 4.78 is 66.0. The summed E-state index contributed by atoms with van der Waals surface area (Å²) >= 11 is 0. The van der Waals surface area contributed by atoms with Gasteiger partial charge in [-0.05, 0) is 122 Å². The van der Waals surface area contributed by atoms with Crippen LogP contribution in [0.15, 0.2) is 443 Å². The third-order valence-electron chi connectivity index (χ3n) is 24.2. The molecule has 23 rings (SSSR count). The maximum atomic E-state index is 15.7. The molecule has 0 atom stereocenters. The lowest BCUT2D eigenvalue weighted by Gasteiger charge is -2.20. The van der Waals surface area contributed by atoms with Gasteiger partial charge in [0.15, 0.2) is 28.6 Å². The van der Waals surface area contributed by atoms with Gasteiger partial charge < -0.3 is 18.3 Å². The van der Waals surface area contributed by atoms with Crippen molar-refractivity contribution in [2.75, 3.05) is 0 Å². The number of benzene rings is 18. The first-order valence-electron chi connectivity index (χ1n) is 40.8. The van der Waals surface area contributed by atoms with Crippen molar-refractivity contribution in [1.29, 1.82) is 0 Å². The van der Waals surface area contributed by atoms with Crippen molar-refractivity contribution >= 4 is 201 Å². The van der Waals surface area contributed by atoms with E-state index in [1.165, 1.54) is 10.8 Å². The fraction of sp³-hybridized carbons (Fsp3) is 0. The first kappa shape index (κ1) is 74.1. The highest BCUT2D eigenvalue weighted by molar-refractivity contribution is 7.86. The Bertz CT molecular complexity index is 8140. The van der Waals surface area contributed by atoms with Crippen LogP contribution >= 0.6 is 28.6 Å². The van der Waals surface area contributed by atoms with Crippen LogP contribution in [-0.4, -0.2) is 23.8 Å². The summed E-state index contributed by atoms with van der Waals surface area (Å²) in [4.78, 5) is 15.5. The largest absolute Gasteiger partial charge is 0.309 e. The lowest BCUT2D eigenvalue weighted by molar-refractivity contribution is 0.591. The number of pyridine rings is 3. The maximum Gasteiger partial charge on any atom is 0.172 e. The zero-order valence-electron chi connectivity index (χ0n) is 65.8. The monoisotopic (exact) mass is 1640 g/mol. The molecule has 578 valence electrons. The summed E-state index contributed by atoms with van der Waals surface area (Å²) in [7, 11) is -12.8. The highest BCUT2D eigenvalue weighted by Crippen LogP contribution is 2.49. The van der Waals surface area contributed by atoms with Gasteiger partial charge in [0.1, 0.15) is 11.3 Å². The SMILES string of the molecule is O=P(c1ccccc1)(c1ccccc1)c1ccc(-c2ccc3c(ccc4c5ccccc5c5nc6ccc(P(=O)(c7ccccc7)c7ccccc7)cc6n5c34)c2)nc1.O=P(c1ccccc1)(c1ccccc1)c1ccc2cc(-c3ccc4c5c6ccccc6ccc5c5nc6ccc(P(=O)(c7ccccc7)c7ccccc7)cc6n5c4c3)ccc2c1. The van der Waals surface area contributed by atoms with Crippen LogP contribution in [0.3, 0.4) is 0 Å². The fourth-order valence-electron chi connectivity index (χ4n) is 18.3. The van der Waals surface area contributed by atoms with Crippen molar-refractivity contribution in [3.63, 3.8) is 0 Å². The minimum atomic E-state index is -3.26. The van der Waals surface area contributed by atoms with E-state index in [4.69, 9.17) is 15.0 Å². The maximum absolute atomic E-state index is 15.7. The number of aromatic nitrogens is 5. The van der Waals surface area contributed by atoms with E-state index in [0.29, 0.717) is 5.30 Å². The molecule has 0 amide bonds. The van der Waals surface area contributed by atoms with Crippen molar-refractivity contribution in [3.05, 3.63) is 443 Å². The topological polar surface area (TPSA) is 116 Å². The van der Waals surface area contributed by atoms with Gasteiger partial charge in [0.25, 0.3) is 0 Å². The fourth-order valence-corrected chi connectivity index (χ4v) is 28.9. The smallest absolute Gasteiger partial charge is 0.172 e. The molecule has 122 heavy (non-hydrogen) atoms. The van der Waals surface area contributed by atoms with Crippen LogP contribution in [-0.2, 0) is 18.3 Å². The lowest BCUT2D eigenvalue weighted by Crippen LogP contribution is -2.25. The normalized spacial score (nSPS) is 12.2. The number of imidazole rings is 2. The second-order valence-corrected chi connectivity index (χ2v) is 42.1. The molecule has 0 aliphatic carbocycles.